The highest BCUT2D eigenvalue weighted by atomic mass is 16.5. The van der Waals surface area contributed by atoms with Crippen molar-refractivity contribution in [2.24, 2.45) is 0 Å². The summed E-state index contributed by atoms with van der Waals surface area (Å²) >= 11 is 0. The Bertz CT molecular complexity index is 254. The van der Waals surface area contributed by atoms with Crippen molar-refractivity contribution in [3.63, 3.8) is 0 Å². The van der Waals surface area contributed by atoms with Crippen molar-refractivity contribution in [3.05, 3.63) is 48.6 Å². The van der Waals surface area contributed by atoms with Crippen LogP contribution >= 0.6 is 0 Å². The maximum absolute atomic E-state index is 10.1. The number of hydrogen-bond acceptors (Lipinski definition) is 2. The van der Waals surface area contributed by atoms with Gasteiger partial charge in [-0.05, 0) is 11.6 Å². The maximum atomic E-state index is 10.1. The fourth-order valence-electron chi connectivity index (χ4n) is 0.973. The molecule has 1 aromatic rings. The van der Waals surface area contributed by atoms with Crippen LogP contribution in [0.4, 0.5) is 0 Å². The van der Waals surface area contributed by atoms with Crippen LogP contribution in [0.2, 0.25) is 0 Å². The summed E-state index contributed by atoms with van der Waals surface area (Å²) in [5, 5.41) is 0. The minimum atomic E-state index is -0.330. The molecule has 0 aliphatic heterocycles. The maximum Gasteiger partial charge on any atom is 0.294 e. The predicted octanol–water partition coefficient (Wildman–Crippen LogP) is 2.09. The van der Waals surface area contributed by atoms with Gasteiger partial charge in [0.05, 0.1) is 0 Å². The molecule has 0 saturated carbocycles. The van der Waals surface area contributed by atoms with E-state index in [1.54, 1.807) is 6.08 Å². The van der Waals surface area contributed by atoms with E-state index >= 15 is 0 Å². The third kappa shape index (κ3) is 1.95. The van der Waals surface area contributed by atoms with Gasteiger partial charge < -0.3 is 4.74 Å². The second-order valence-electron chi connectivity index (χ2n) is 2.30. The van der Waals surface area contributed by atoms with Gasteiger partial charge in [0.15, 0.2) is 0 Å². The Labute approximate surface area is 71.5 Å². The number of carbonyl (C=O) groups excluding carboxylic acids is 1. The third-order valence-electron chi connectivity index (χ3n) is 1.54. The number of ether oxygens (including phenoxy) is 1. The second-order valence-corrected chi connectivity index (χ2v) is 2.30. The minimum Gasteiger partial charge on any atom is -0.455 e. The highest BCUT2D eigenvalue weighted by molar-refractivity contribution is 5.39. The SMILES string of the molecule is C=CC(OC=O)[14c]1ccccc1. The molecule has 0 bridgehead atoms. The number of benzene rings is 1. The summed E-state index contributed by atoms with van der Waals surface area (Å²) < 4.78 is 4.78. The highest BCUT2D eigenvalue weighted by Gasteiger charge is 2.05. The highest BCUT2D eigenvalue weighted by Crippen LogP contribution is 2.16. The van der Waals surface area contributed by atoms with Crippen LogP contribution in [0.15, 0.2) is 43.0 Å². The van der Waals surface area contributed by atoms with Crippen LogP contribution in [0, 0.1) is 0 Å². The van der Waals surface area contributed by atoms with Gasteiger partial charge in [0, 0.05) is 0 Å². The molecule has 0 fully saturated rings. The normalized spacial score (nSPS) is 11.7. The zero-order valence-electron chi connectivity index (χ0n) is 6.64. The van der Waals surface area contributed by atoms with Gasteiger partial charge in [-0.3, -0.25) is 4.79 Å². The monoisotopic (exact) mass is 164 g/mol. The van der Waals surface area contributed by atoms with Crippen molar-refractivity contribution in [2.45, 2.75) is 6.10 Å². The van der Waals surface area contributed by atoms with E-state index in [1.807, 2.05) is 30.3 Å². The lowest BCUT2D eigenvalue weighted by atomic mass is 10.4. The molecule has 0 radical (unpaired) electrons. The molecule has 62 valence electrons. The fourth-order valence-corrected chi connectivity index (χ4v) is 0.973. The fraction of sp³-hybridized carbons (Fsp3) is 0.100. The molecular formula is C10H10O2. The van der Waals surface area contributed by atoms with Crippen molar-refractivity contribution >= 4 is 6.47 Å². The average Bonchev–Trinajstić information content (AvgIpc) is 2.15. The molecule has 1 atom stereocenters. The standard InChI is InChI=1S/C10H10O2/c1-2-10(12-8-11)9-6-4-3-5-7-9/h2-8,10H,1H2/i9+2. The zero-order valence-corrected chi connectivity index (χ0v) is 6.64. The molecule has 0 saturated heterocycles. The largest absolute Gasteiger partial charge is 0.455 e. The molecule has 1 aromatic carbocycles. The smallest absolute Gasteiger partial charge is 0.294 e. The molecular weight excluding hydrogens is 154 g/mol. The van der Waals surface area contributed by atoms with Gasteiger partial charge >= 0.3 is 0 Å². The molecule has 0 aliphatic carbocycles. The molecule has 12 heavy (non-hydrogen) atoms. The molecule has 0 aromatic heterocycles. The zero-order chi connectivity index (χ0) is 8.81. The van der Waals surface area contributed by atoms with Crippen LogP contribution in [0.3, 0.4) is 0 Å². The molecule has 2 heteroatoms. The van der Waals surface area contributed by atoms with E-state index < -0.39 is 0 Å². The lowest BCUT2D eigenvalue weighted by Gasteiger charge is -2.09. The first-order chi connectivity index (χ1) is 5.88. The van der Waals surface area contributed by atoms with Gasteiger partial charge in [-0.1, -0.05) is 36.9 Å². The molecule has 1 rings (SSSR count). The summed E-state index contributed by atoms with van der Waals surface area (Å²) in [7, 11) is 0. The molecule has 0 N–H and O–H groups in total. The van der Waals surface area contributed by atoms with Crippen molar-refractivity contribution in [1.82, 2.24) is 0 Å². The van der Waals surface area contributed by atoms with Gasteiger partial charge in [-0.2, -0.15) is 0 Å². The van der Waals surface area contributed by atoms with E-state index in [-0.39, 0.29) is 6.10 Å². The molecule has 1 unspecified atom stereocenters. The van der Waals surface area contributed by atoms with E-state index in [2.05, 4.69) is 6.58 Å². The van der Waals surface area contributed by atoms with E-state index in [1.165, 1.54) is 0 Å². The Balaban J connectivity index is 2.79. The average molecular weight is 164 g/mol. The lowest BCUT2D eigenvalue weighted by molar-refractivity contribution is -0.131. The summed E-state index contributed by atoms with van der Waals surface area (Å²) in [6.07, 6.45) is 1.26. The van der Waals surface area contributed by atoms with Crippen molar-refractivity contribution < 1.29 is 9.53 Å². The van der Waals surface area contributed by atoms with Crippen LogP contribution in [-0.2, 0) is 9.53 Å². The van der Waals surface area contributed by atoms with Gasteiger partial charge in [0.1, 0.15) is 6.10 Å². The molecule has 0 amide bonds. The summed E-state index contributed by atoms with van der Waals surface area (Å²) in [5.74, 6) is 0. The third-order valence-corrected chi connectivity index (χ3v) is 1.54. The summed E-state index contributed by atoms with van der Waals surface area (Å²) in [5.41, 5.74) is 0.930. The van der Waals surface area contributed by atoms with E-state index in [0.717, 1.165) is 5.56 Å². The first-order valence-corrected chi connectivity index (χ1v) is 3.65. The van der Waals surface area contributed by atoms with Gasteiger partial charge in [-0.15, -0.1) is 0 Å². The van der Waals surface area contributed by atoms with Crippen LogP contribution in [-0.4, -0.2) is 6.47 Å². The first-order valence-electron chi connectivity index (χ1n) is 3.65. The predicted molar refractivity (Wildman–Crippen MR) is 46.5 cm³/mol. The molecule has 0 aliphatic rings. The Morgan fingerprint density at radius 3 is 2.50 bits per heavy atom. The lowest BCUT2D eigenvalue weighted by Crippen LogP contribution is -1.98. The van der Waals surface area contributed by atoms with Crippen LogP contribution in [0.1, 0.15) is 11.7 Å². The van der Waals surface area contributed by atoms with Crippen LogP contribution in [0.25, 0.3) is 0 Å². The van der Waals surface area contributed by atoms with Gasteiger partial charge in [0.2, 0.25) is 0 Å². The Morgan fingerprint density at radius 1 is 1.33 bits per heavy atom. The van der Waals surface area contributed by atoms with Crippen molar-refractivity contribution in [1.29, 1.82) is 0 Å². The number of rotatable bonds is 4. The number of carbonyl (C=O) groups is 1. The van der Waals surface area contributed by atoms with Crippen molar-refractivity contribution in [3.8, 4) is 0 Å². The van der Waals surface area contributed by atoms with Gasteiger partial charge in [0.25, 0.3) is 6.47 Å². The molecule has 0 spiro atoms. The van der Waals surface area contributed by atoms with E-state index in [0.29, 0.717) is 6.47 Å². The van der Waals surface area contributed by atoms with Gasteiger partial charge in [-0.25, -0.2) is 0 Å². The number of hydrogen-bond donors (Lipinski definition) is 0. The quantitative estimate of drug-likeness (QED) is 0.503. The summed E-state index contributed by atoms with van der Waals surface area (Å²) in [4.78, 5) is 10.1. The Hall–Kier alpha value is -1.57. The Morgan fingerprint density at radius 2 is 2.00 bits per heavy atom. The van der Waals surface area contributed by atoms with E-state index in [9.17, 15) is 4.79 Å². The van der Waals surface area contributed by atoms with Crippen molar-refractivity contribution in [2.75, 3.05) is 0 Å². The van der Waals surface area contributed by atoms with Crippen LogP contribution < -0.4 is 0 Å². The minimum absolute atomic E-state index is 0.330. The van der Waals surface area contributed by atoms with E-state index in [4.69, 9.17) is 4.74 Å². The molecule has 0 heterocycles. The first kappa shape index (κ1) is 8.53. The Kier molecular flexibility index (Phi) is 3.08. The molecule has 2 nitrogen and oxygen atoms in total. The van der Waals surface area contributed by atoms with Crippen LogP contribution in [0.5, 0.6) is 0 Å². The second kappa shape index (κ2) is 4.34. The summed E-state index contributed by atoms with van der Waals surface area (Å²) in [6, 6.07) is 9.45. The summed E-state index contributed by atoms with van der Waals surface area (Å²) in [6.45, 7) is 4.00. The topological polar surface area (TPSA) is 26.3 Å².